The van der Waals surface area contributed by atoms with Crippen molar-refractivity contribution in [3.63, 3.8) is 0 Å². The number of carbonyl (C=O) groups excluding carboxylic acids is 2. The molecule has 49 heavy (non-hydrogen) atoms. The van der Waals surface area contributed by atoms with E-state index in [1.807, 2.05) is 55.5 Å². The van der Waals surface area contributed by atoms with Crippen LogP contribution in [0.25, 0.3) is 16.5 Å². The van der Waals surface area contributed by atoms with Crippen molar-refractivity contribution in [2.45, 2.75) is 6.92 Å². The van der Waals surface area contributed by atoms with Gasteiger partial charge in [-0.15, -0.1) is 0 Å². The Morgan fingerprint density at radius 2 is 1.67 bits per heavy atom. The summed E-state index contributed by atoms with van der Waals surface area (Å²) in [5.74, 6) is 1.80. The molecule has 0 aliphatic carbocycles. The number of rotatable bonds is 12. The van der Waals surface area contributed by atoms with Gasteiger partial charge in [0, 0.05) is 60.1 Å². The van der Waals surface area contributed by atoms with Gasteiger partial charge in [0.2, 0.25) is 11.8 Å². The Bertz CT molecular complexity index is 2100. The molecule has 4 N–H and O–H groups in total. The first-order valence-electron chi connectivity index (χ1n) is 15.3. The number of hydrogen-bond donors (Lipinski definition) is 4. The fraction of sp³-hybridized carbons (Fsp3) is 0.139. The lowest BCUT2D eigenvalue weighted by Gasteiger charge is -2.14. The minimum Gasteiger partial charge on any atom is -0.497 e. The molecule has 0 spiro atoms. The molecule has 0 fully saturated rings. The van der Waals surface area contributed by atoms with Crippen molar-refractivity contribution in [1.29, 1.82) is 0 Å². The maximum Gasteiger partial charge on any atom is 0.324 e. The van der Waals surface area contributed by atoms with Crippen LogP contribution in [0.15, 0.2) is 103 Å². The predicted octanol–water partition coefficient (Wildman–Crippen LogP) is 6.69. The van der Waals surface area contributed by atoms with Gasteiger partial charge in [-0.2, -0.15) is 10.1 Å². The van der Waals surface area contributed by atoms with Crippen molar-refractivity contribution >= 4 is 45.9 Å². The minimum atomic E-state index is -0.424. The molecular weight excluding hydrogens is 624 g/mol. The molecular formula is C36H34N8O5. The number of anilines is 4. The Morgan fingerprint density at radius 1 is 0.857 bits per heavy atom. The van der Waals surface area contributed by atoms with Gasteiger partial charge in [0.05, 0.1) is 31.3 Å². The zero-order valence-electron chi connectivity index (χ0n) is 27.1. The highest BCUT2D eigenvalue weighted by atomic mass is 16.5. The van der Waals surface area contributed by atoms with Crippen LogP contribution in [0.4, 0.5) is 27.9 Å². The van der Waals surface area contributed by atoms with Crippen LogP contribution in [0.5, 0.6) is 17.4 Å². The van der Waals surface area contributed by atoms with Gasteiger partial charge < -0.3 is 30.2 Å². The molecule has 3 amide bonds. The zero-order valence-corrected chi connectivity index (χ0v) is 27.1. The molecule has 0 aliphatic rings. The van der Waals surface area contributed by atoms with Crippen LogP contribution in [0.2, 0.25) is 0 Å². The Labute approximate surface area is 282 Å². The van der Waals surface area contributed by atoms with Crippen molar-refractivity contribution < 1.29 is 23.8 Å². The maximum atomic E-state index is 13.1. The highest BCUT2D eigenvalue weighted by molar-refractivity contribution is 6.07. The van der Waals surface area contributed by atoms with Crippen LogP contribution in [0, 0.1) is 6.92 Å². The first-order chi connectivity index (χ1) is 23.9. The monoisotopic (exact) mass is 658 g/mol. The third-order valence-electron chi connectivity index (χ3n) is 7.39. The fourth-order valence-electron chi connectivity index (χ4n) is 5.02. The van der Waals surface area contributed by atoms with E-state index >= 15 is 0 Å². The Morgan fingerprint density at radius 3 is 2.47 bits per heavy atom. The standard InChI is InChI=1S/C36H34N8O5/c1-23-8-10-26(11-9-23)44-32(14-17-39-44)42-36(46)41-30-12-13-31(29-7-5-4-6-28(29)30)49-33-15-16-38-35(43-33)40-25-20-24(21-27(22-25)48-3)34(45)37-18-19-47-2/h4-17,20-22H,18-19H2,1-3H3,(H,37,45)(H,38,40,43)(H2,41,42,46). The quantitative estimate of drug-likeness (QED) is 0.105. The van der Waals surface area contributed by atoms with Crippen molar-refractivity contribution in [2.75, 3.05) is 43.3 Å². The molecule has 0 aliphatic heterocycles. The second-order valence-corrected chi connectivity index (χ2v) is 10.8. The molecule has 0 unspecified atom stereocenters. The molecule has 0 radical (unpaired) electrons. The number of fused-ring (bicyclic) bond motifs is 1. The average Bonchev–Trinajstić information content (AvgIpc) is 3.57. The van der Waals surface area contributed by atoms with Crippen LogP contribution >= 0.6 is 0 Å². The zero-order chi connectivity index (χ0) is 34.2. The van der Waals surface area contributed by atoms with Crippen LogP contribution in [-0.2, 0) is 4.74 Å². The first-order valence-corrected chi connectivity index (χ1v) is 15.3. The molecule has 0 bridgehead atoms. The van der Waals surface area contributed by atoms with Crippen LogP contribution in [0.3, 0.4) is 0 Å². The van der Waals surface area contributed by atoms with Crippen molar-refractivity contribution in [2.24, 2.45) is 0 Å². The Kier molecular flexibility index (Phi) is 9.91. The van der Waals surface area contributed by atoms with E-state index in [1.165, 1.54) is 7.11 Å². The van der Waals surface area contributed by atoms with E-state index in [-0.39, 0.29) is 17.7 Å². The van der Waals surface area contributed by atoms with Crippen molar-refractivity contribution in [1.82, 2.24) is 25.1 Å². The summed E-state index contributed by atoms with van der Waals surface area (Å²) in [6, 6.07) is 26.9. The van der Waals surface area contributed by atoms with E-state index in [9.17, 15) is 9.59 Å². The van der Waals surface area contributed by atoms with E-state index in [0.29, 0.717) is 47.4 Å². The van der Waals surface area contributed by atoms with Crippen LogP contribution in [-0.4, -0.2) is 59.1 Å². The first kappa shape index (κ1) is 32.5. The summed E-state index contributed by atoms with van der Waals surface area (Å²) >= 11 is 0. The lowest BCUT2D eigenvalue weighted by Crippen LogP contribution is -2.27. The second kappa shape index (κ2) is 15.0. The summed E-state index contributed by atoms with van der Waals surface area (Å²) in [6.07, 6.45) is 3.19. The van der Waals surface area contributed by atoms with E-state index in [0.717, 1.165) is 22.0 Å². The highest BCUT2D eigenvalue weighted by Crippen LogP contribution is 2.34. The van der Waals surface area contributed by atoms with E-state index in [1.54, 1.807) is 66.6 Å². The average molecular weight is 659 g/mol. The Balaban J connectivity index is 1.17. The van der Waals surface area contributed by atoms with Crippen molar-refractivity contribution in [3.8, 4) is 23.1 Å². The van der Waals surface area contributed by atoms with E-state index < -0.39 is 6.03 Å². The SMILES string of the molecule is COCCNC(=O)c1cc(Nc2nccc(Oc3ccc(NC(=O)Nc4ccnn4-c4ccc(C)cc4)c4ccccc34)n2)cc(OC)c1. The molecule has 6 rings (SSSR count). The summed E-state index contributed by atoms with van der Waals surface area (Å²) in [5.41, 5.74) is 3.50. The van der Waals surface area contributed by atoms with Gasteiger partial charge >= 0.3 is 6.03 Å². The maximum absolute atomic E-state index is 13.1. The normalized spacial score (nSPS) is 10.8. The number of amides is 3. The third kappa shape index (κ3) is 7.92. The van der Waals surface area contributed by atoms with Gasteiger partial charge in [-0.05, 0) is 43.3 Å². The highest BCUT2D eigenvalue weighted by Gasteiger charge is 2.14. The molecule has 0 saturated carbocycles. The summed E-state index contributed by atoms with van der Waals surface area (Å²) in [7, 11) is 3.09. The summed E-state index contributed by atoms with van der Waals surface area (Å²) in [4.78, 5) is 34.6. The minimum absolute atomic E-state index is 0.251. The van der Waals surface area contributed by atoms with E-state index in [4.69, 9.17) is 14.2 Å². The second-order valence-electron chi connectivity index (χ2n) is 10.8. The molecule has 0 saturated heterocycles. The number of methoxy groups -OCH3 is 2. The van der Waals surface area contributed by atoms with Gasteiger partial charge in [0.1, 0.15) is 17.3 Å². The number of ether oxygens (including phenoxy) is 3. The van der Waals surface area contributed by atoms with Gasteiger partial charge in [-0.25, -0.2) is 14.5 Å². The van der Waals surface area contributed by atoms with Crippen LogP contribution in [0.1, 0.15) is 15.9 Å². The number of nitrogens with zero attached hydrogens (tertiary/aromatic N) is 4. The summed E-state index contributed by atoms with van der Waals surface area (Å²) in [6.45, 7) is 2.78. The summed E-state index contributed by atoms with van der Waals surface area (Å²) < 4.78 is 18.3. The third-order valence-corrected chi connectivity index (χ3v) is 7.39. The number of aryl methyl sites for hydroxylation is 1. The smallest absolute Gasteiger partial charge is 0.324 e. The summed E-state index contributed by atoms with van der Waals surface area (Å²) in [5, 5.41) is 17.6. The molecule has 13 nitrogen and oxygen atoms in total. The Hall–Kier alpha value is -6.47. The number of hydrogen-bond acceptors (Lipinski definition) is 9. The molecule has 6 aromatic rings. The van der Waals surface area contributed by atoms with Gasteiger partial charge in [0.25, 0.3) is 5.91 Å². The lowest BCUT2D eigenvalue weighted by atomic mass is 10.1. The lowest BCUT2D eigenvalue weighted by molar-refractivity contribution is 0.0936. The fourth-order valence-corrected chi connectivity index (χ4v) is 5.02. The van der Waals surface area contributed by atoms with E-state index in [2.05, 4.69) is 36.3 Å². The number of aromatic nitrogens is 4. The number of benzene rings is 4. The number of nitrogens with one attached hydrogen (secondary N) is 4. The molecule has 2 aromatic heterocycles. The van der Waals surface area contributed by atoms with Crippen LogP contribution < -0.4 is 30.7 Å². The van der Waals surface area contributed by atoms with Gasteiger partial charge in [0.15, 0.2) is 0 Å². The number of carbonyl (C=O) groups is 2. The topological polar surface area (TPSA) is 154 Å². The predicted molar refractivity (Wildman–Crippen MR) is 187 cm³/mol. The molecule has 2 heterocycles. The molecule has 13 heteroatoms. The molecule has 248 valence electrons. The van der Waals surface area contributed by atoms with Gasteiger partial charge in [-0.1, -0.05) is 42.0 Å². The largest absolute Gasteiger partial charge is 0.497 e. The molecule has 0 atom stereocenters. The number of urea groups is 1. The van der Waals surface area contributed by atoms with Gasteiger partial charge in [-0.3, -0.25) is 10.1 Å². The molecule has 4 aromatic carbocycles. The van der Waals surface area contributed by atoms with Crippen molar-refractivity contribution in [3.05, 3.63) is 115 Å².